The molecule has 1 aliphatic rings. The molecule has 1 N–H and O–H groups in total. The van der Waals surface area contributed by atoms with Gasteiger partial charge in [0.25, 0.3) is 0 Å². The van der Waals surface area contributed by atoms with Crippen LogP contribution in [0.4, 0.5) is 4.79 Å². The van der Waals surface area contributed by atoms with Crippen molar-refractivity contribution < 1.29 is 23.8 Å². The van der Waals surface area contributed by atoms with Crippen LogP contribution in [0.3, 0.4) is 0 Å². The summed E-state index contributed by atoms with van der Waals surface area (Å²) in [5, 5.41) is 3.32. The second-order valence-electron chi connectivity index (χ2n) is 5.08. The molecule has 2 heterocycles. The minimum Gasteiger partial charge on any atom is -0.452 e. The van der Waals surface area contributed by atoms with Crippen molar-refractivity contribution in [1.29, 1.82) is 0 Å². The summed E-state index contributed by atoms with van der Waals surface area (Å²) in [7, 11) is 1.47. The number of rotatable bonds is 4. The van der Waals surface area contributed by atoms with Crippen LogP contribution in [0.15, 0.2) is 24.3 Å². The summed E-state index contributed by atoms with van der Waals surface area (Å²) in [5.74, 6) is 0.998. The van der Waals surface area contributed by atoms with Gasteiger partial charge in [0.1, 0.15) is 11.5 Å². The third kappa shape index (κ3) is 3.47. The van der Waals surface area contributed by atoms with Gasteiger partial charge in [-0.3, -0.25) is 4.79 Å². The Morgan fingerprint density at radius 1 is 1.38 bits per heavy atom. The van der Waals surface area contributed by atoms with E-state index in [0.29, 0.717) is 32.9 Å². The third-order valence-corrected chi connectivity index (χ3v) is 4.66. The fraction of sp³-hybridized carbons (Fsp3) is 0.250. The number of nitrogens with one attached hydrogen (secondary N) is 1. The zero-order chi connectivity index (χ0) is 17.3. The third-order valence-electron chi connectivity index (χ3n) is 3.32. The van der Waals surface area contributed by atoms with E-state index in [0.717, 1.165) is 5.56 Å². The lowest BCUT2D eigenvalue weighted by Gasteiger charge is -2.11. The minimum absolute atomic E-state index is 0.00979. The maximum atomic E-state index is 11.3. The molecule has 0 aliphatic carbocycles. The molecule has 1 aromatic heterocycles. The predicted octanol–water partition coefficient (Wildman–Crippen LogP) is 4.01. The van der Waals surface area contributed by atoms with E-state index in [-0.39, 0.29) is 5.78 Å². The first-order chi connectivity index (χ1) is 11.5. The average Bonchev–Trinajstić information content (AvgIpc) is 3.14. The van der Waals surface area contributed by atoms with Crippen LogP contribution in [0.5, 0.6) is 16.6 Å². The Morgan fingerprint density at radius 2 is 2.17 bits per heavy atom. The van der Waals surface area contributed by atoms with Gasteiger partial charge >= 0.3 is 6.09 Å². The smallest absolute Gasteiger partial charge is 0.409 e. The van der Waals surface area contributed by atoms with E-state index in [1.165, 1.54) is 25.3 Å². The van der Waals surface area contributed by atoms with Crippen molar-refractivity contribution in [3.8, 4) is 16.6 Å². The number of ether oxygens (including phenoxy) is 3. The maximum absolute atomic E-state index is 11.3. The van der Waals surface area contributed by atoms with E-state index in [2.05, 4.69) is 5.32 Å². The van der Waals surface area contributed by atoms with E-state index >= 15 is 0 Å². The molecule has 0 radical (unpaired) electrons. The highest BCUT2D eigenvalue weighted by molar-refractivity contribution is 7.15. The molecule has 6 nitrogen and oxygen atoms in total. The summed E-state index contributed by atoms with van der Waals surface area (Å²) in [6.07, 6.45) is -0.919. The normalized spacial score (nSPS) is 15.4. The highest BCUT2D eigenvalue weighted by atomic mass is 35.5. The van der Waals surface area contributed by atoms with E-state index in [4.69, 9.17) is 25.8 Å². The van der Waals surface area contributed by atoms with Crippen molar-refractivity contribution in [3.63, 3.8) is 0 Å². The average molecular weight is 368 g/mol. The molecule has 1 atom stereocenters. The van der Waals surface area contributed by atoms with Crippen LogP contribution in [0, 0.1) is 0 Å². The van der Waals surface area contributed by atoms with Gasteiger partial charge in [0.05, 0.1) is 16.3 Å². The Hall–Kier alpha value is -2.25. The summed E-state index contributed by atoms with van der Waals surface area (Å²) >= 11 is 7.48. The Labute approximate surface area is 147 Å². The van der Waals surface area contributed by atoms with Crippen molar-refractivity contribution in [2.45, 2.75) is 19.6 Å². The summed E-state index contributed by atoms with van der Waals surface area (Å²) in [6, 6.07) is 6.85. The van der Waals surface area contributed by atoms with Gasteiger partial charge in [-0.05, 0) is 25.1 Å². The van der Waals surface area contributed by atoms with Gasteiger partial charge in [-0.1, -0.05) is 22.9 Å². The highest BCUT2D eigenvalue weighted by Gasteiger charge is 2.29. The second kappa shape index (κ2) is 6.70. The van der Waals surface area contributed by atoms with Gasteiger partial charge in [0.2, 0.25) is 6.29 Å². The molecule has 1 unspecified atom stereocenters. The number of alkyl carbamates (subject to hydrolysis) is 1. The van der Waals surface area contributed by atoms with Crippen molar-refractivity contribution in [2.24, 2.45) is 0 Å². The Morgan fingerprint density at radius 3 is 2.83 bits per heavy atom. The van der Waals surface area contributed by atoms with Crippen LogP contribution in [-0.2, 0) is 11.2 Å². The van der Waals surface area contributed by atoms with Gasteiger partial charge in [-0.15, -0.1) is 0 Å². The van der Waals surface area contributed by atoms with Gasteiger partial charge in [0, 0.05) is 18.7 Å². The number of carbonyl (C=O) groups is 2. The molecule has 0 fully saturated rings. The molecule has 1 amide bonds. The lowest BCUT2D eigenvalue weighted by molar-refractivity contribution is -0.0156. The fourth-order valence-electron chi connectivity index (χ4n) is 2.24. The number of carbonyl (C=O) groups excluding carboxylic acids is 2. The second-order valence-corrected chi connectivity index (χ2v) is 6.53. The highest BCUT2D eigenvalue weighted by Crippen LogP contribution is 2.41. The Balaban J connectivity index is 1.76. The van der Waals surface area contributed by atoms with Crippen LogP contribution in [0.25, 0.3) is 0 Å². The maximum Gasteiger partial charge on any atom is 0.409 e. The molecule has 0 spiro atoms. The molecule has 1 aliphatic heterocycles. The van der Waals surface area contributed by atoms with Crippen molar-refractivity contribution in [3.05, 3.63) is 39.7 Å². The van der Waals surface area contributed by atoms with Crippen LogP contribution >= 0.6 is 22.9 Å². The number of Topliss-reactive ketones (excluding diaryl/α,β-unsaturated/α-hetero) is 1. The molecular formula is C16H14ClNO5S. The molecule has 24 heavy (non-hydrogen) atoms. The summed E-state index contributed by atoms with van der Waals surface area (Å²) < 4.78 is 16.4. The molecule has 126 valence electrons. The zero-order valence-corrected chi connectivity index (χ0v) is 14.5. The summed E-state index contributed by atoms with van der Waals surface area (Å²) in [4.78, 5) is 23.2. The largest absolute Gasteiger partial charge is 0.452 e. The zero-order valence-electron chi connectivity index (χ0n) is 12.9. The molecule has 0 saturated carbocycles. The molecule has 1 aromatic carbocycles. The fourth-order valence-corrected chi connectivity index (χ4v) is 3.29. The number of thiophene rings is 1. The number of hydrogen-bond acceptors (Lipinski definition) is 6. The van der Waals surface area contributed by atoms with Crippen LogP contribution in [0.1, 0.15) is 22.2 Å². The first kappa shape index (κ1) is 16.6. The topological polar surface area (TPSA) is 73.9 Å². The van der Waals surface area contributed by atoms with Crippen molar-refractivity contribution >= 4 is 34.8 Å². The molecule has 0 bridgehead atoms. The SMILES string of the molecule is CNC(=O)OC1Cc2cc(Oc3ccc(C(C)=O)s3)cc(Cl)c2O1. The van der Waals surface area contributed by atoms with Gasteiger partial charge < -0.3 is 19.5 Å². The molecule has 0 saturated heterocycles. The minimum atomic E-state index is -0.723. The Kier molecular flexibility index (Phi) is 4.64. The molecular weight excluding hydrogens is 354 g/mol. The van der Waals surface area contributed by atoms with Crippen molar-refractivity contribution in [1.82, 2.24) is 5.32 Å². The quantitative estimate of drug-likeness (QED) is 0.826. The predicted molar refractivity (Wildman–Crippen MR) is 89.5 cm³/mol. The summed E-state index contributed by atoms with van der Waals surface area (Å²) in [5.41, 5.74) is 0.787. The molecule has 8 heteroatoms. The number of halogens is 1. The molecule has 2 aromatic rings. The van der Waals surface area contributed by atoms with E-state index in [9.17, 15) is 9.59 Å². The lowest BCUT2D eigenvalue weighted by atomic mass is 10.1. The monoisotopic (exact) mass is 367 g/mol. The standard InChI is InChI=1S/C16H14ClNO5S/c1-8(19)12-3-4-14(24-12)21-10-5-9-6-13(23-16(20)18-2)22-15(9)11(17)7-10/h3-5,7,13H,6H2,1-2H3,(H,18,20). The van der Waals surface area contributed by atoms with Gasteiger partial charge in [-0.2, -0.15) is 0 Å². The molecule has 3 rings (SSSR count). The first-order valence-electron chi connectivity index (χ1n) is 7.12. The summed E-state index contributed by atoms with van der Waals surface area (Å²) in [6.45, 7) is 1.51. The van der Waals surface area contributed by atoms with Crippen LogP contribution < -0.4 is 14.8 Å². The first-order valence-corrected chi connectivity index (χ1v) is 8.32. The number of ketones is 1. The lowest BCUT2D eigenvalue weighted by Crippen LogP contribution is -2.28. The number of benzene rings is 1. The number of amides is 1. The van der Waals surface area contributed by atoms with Gasteiger partial charge in [-0.25, -0.2) is 4.79 Å². The van der Waals surface area contributed by atoms with Crippen molar-refractivity contribution in [2.75, 3.05) is 7.05 Å². The Bertz CT molecular complexity index is 804. The van der Waals surface area contributed by atoms with E-state index in [1.54, 1.807) is 24.3 Å². The van der Waals surface area contributed by atoms with E-state index in [1.807, 2.05) is 0 Å². The van der Waals surface area contributed by atoms with E-state index < -0.39 is 12.4 Å². The number of fused-ring (bicyclic) bond motifs is 1. The van der Waals surface area contributed by atoms with Crippen LogP contribution in [0.2, 0.25) is 5.02 Å². The van der Waals surface area contributed by atoms with Crippen LogP contribution in [-0.4, -0.2) is 25.2 Å². The number of hydrogen-bond donors (Lipinski definition) is 1. The van der Waals surface area contributed by atoms with Gasteiger partial charge in [0.15, 0.2) is 10.8 Å².